The fourth-order valence-electron chi connectivity index (χ4n) is 8.89. The number of aromatic nitrogens is 5. The highest BCUT2D eigenvalue weighted by Crippen LogP contribution is 2.39. The predicted octanol–water partition coefficient (Wildman–Crippen LogP) is 14.4. The van der Waals surface area contributed by atoms with Crippen molar-refractivity contribution >= 4 is 32.8 Å². The van der Waals surface area contributed by atoms with Crippen LogP contribution < -0.4 is 0 Å². The van der Waals surface area contributed by atoms with E-state index < -0.39 is 0 Å². The number of imidazole rings is 2. The van der Waals surface area contributed by atoms with Crippen molar-refractivity contribution in [3.63, 3.8) is 0 Å². The number of hydrogen-bond acceptors (Lipinski definition) is 3. The van der Waals surface area contributed by atoms with Crippen molar-refractivity contribution < 1.29 is 0 Å². The maximum Gasteiger partial charge on any atom is 0.137 e. The molecular weight excluding hydrogens is 755 g/mol. The van der Waals surface area contributed by atoms with Crippen molar-refractivity contribution in [2.45, 2.75) is 0 Å². The fraction of sp³-hybridized carbons (Fsp3) is 0. The standard InChI is InChI=1S/C57H37N5/c1-2-14-38(15-3-1)49-36-50(43-20-12-22-45(34-43)54-56(61-30-10-8-24-52(61)59-54)47-28-26-39-16-4-6-18-41(39)32-47)58-51(37-49)44-21-13-23-46(35-44)55-57(62-31-11-9-25-53(62)60-55)48-29-27-40-17-5-7-19-42(40)33-48/h1-37H. The Labute approximate surface area is 358 Å². The Bertz CT molecular complexity index is 3430. The molecule has 0 fully saturated rings. The van der Waals surface area contributed by atoms with Gasteiger partial charge in [0.25, 0.3) is 0 Å². The van der Waals surface area contributed by atoms with Gasteiger partial charge in [-0.25, -0.2) is 15.0 Å². The van der Waals surface area contributed by atoms with Gasteiger partial charge in [0.2, 0.25) is 0 Å². The average molecular weight is 792 g/mol. The van der Waals surface area contributed by atoms with Gasteiger partial charge < -0.3 is 0 Å². The summed E-state index contributed by atoms with van der Waals surface area (Å²) >= 11 is 0. The van der Waals surface area contributed by atoms with Crippen molar-refractivity contribution in [3.8, 4) is 78.7 Å². The lowest BCUT2D eigenvalue weighted by Crippen LogP contribution is -1.93. The highest BCUT2D eigenvalue weighted by molar-refractivity contribution is 5.93. The summed E-state index contributed by atoms with van der Waals surface area (Å²) in [7, 11) is 0. The summed E-state index contributed by atoms with van der Waals surface area (Å²) in [6.07, 6.45) is 4.20. The molecule has 0 spiro atoms. The quantitative estimate of drug-likeness (QED) is 0.161. The third-order valence-corrected chi connectivity index (χ3v) is 11.9. The molecule has 0 amide bonds. The molecule has 7 aromatic carbocycles. The van der Waals surface area contributed by atoms with Gasteiger partial charge in [-0.05, 0) is 93.3 Å². The molecule has 0 radical (unpaired) electrons. The van der Waals surface area contributed by atoms with Gasteiger partial charge in [-0.15, -0.1) is 0 Å². The molecule has 12 aromatic rings. The Morgan fingerprint density at radius 2 is 0.694 bits per heavy atom. The molecular formula is C57H37N5. The lowest BCUT2D eigenvalue weighted by molar-refractivity contribution is 1.19. The Kier molecular flexibility index (Phi) is 8.42. The summed E-state index contributed by atoms with van der Waals surface area (Å²) in [5.41, 5.74) is 16.1. The minimum absolute atomic E-state index is 0.884. The molecule has 0 aliphatic rings. The third kappa shape index (κ3) is 6.23. The number of pyridine rings is 3. The average Bonchev–Trinajstić information content (AvgIpc) is 3.94. The van der Waals surface area contributed by atoms with Gasteiger partial charge >= 0.3 is 0 Å². The SMILES string of the molecule is c1ccc(-c2cc(-c3cccc(-c4nc5ccccn5c4-c4ccc5ccccc5c4)c3)nc(-c3cccc(-c4nc5ccccn5c4-c4ccc5ccccc5c4)c3)c2)cc1. The second-order valence-electron chi connectivity index (χ2n) is 15.8. The first kappa shape index (κ1) is 35.5. The van der Waals surface area contributed by atoms with Crippen molar-refractivity contribution in [2.75, 3.05) is 0 Å². The third-order valence-electron chi connectivity index (χ3n) is 11.9. The summed E-state index contributed by atoms with van der Waals surface area (Å²) in [5.74, 6) is 0. The van der Waals surface area contributed by atoms with E-state index in [1.807, 2.05) is 12.1 Å². The van der Waals surface area contributed by atoms with Crippen molar-refractivity contribution in [1.29, 1.82) is 0 Å². The van der Waals surface area contributed by atoms with E-state index in [1.54, 1.807) is 0 Å². The van der Waals surface area contributed by atoms with E-state index in [9.17, 15) is 0 Å². The highest BCUT2D eigenvalue weighted by atomic mass is 15.0. The maximum absolute atomic E-state index is 5.43. The highest BCUT2D eigenvalue weighted by Gasteiger charge is 2.20. The van der Waals surface area contributed by atoms with Crippen LogP contribution in [0.3, 0.4) is 0 Å². The number of fused-ring (bicyclic) bond motifs is 4. The zero-order valence-electron chi connectivity index (χ0n) is 33.6. The topological polar surface area (TPSA) is 47.5 Å². The first-order chi connectivity index (χ1) is 30.7. The number of benzene rings is 7. The molecule has 5 heteroatoms. The Morgan fingerprint density at radius 3 is 1.21 bits per heavy atom. The largest absolute Gasteiger partial charge is 0.299 e. The molecule has 0 saturated heterocycles. The Balaban J connectivity index is 0.999. The molecule has 5 heterocycles. The zero-order chi connectivity index (χ0) is 41.0. The van der Waals surface area contributed by atoms with E-state index >= 15 is 0 Å². The molecule has 0 aliphatic carbocycles. The molecule has 62 heavy (non-hydrogen) atoms. The molecule has 290 valence electrons. The molecule has 0 atom stereocenters. The molecule has 12 rings (SSSR count). The van der Waals surface area contributed by atoms with Crippen molar-refractivity contribution in [2.24, 2.45) is 0 Å². The van der Waals surface area contributed by atoms with Gasteiger partial charge in [0.1, 0.15) is 11.3 Å². The second kappa shape index (κ2) is 14.7. The summed E-state index contributed by atoms with van der Waals surface area (Å²) < 4.78 is 4.39. The Morgan fingerprint density at radius 1 is 0.258 bits per heavy atom. The Hall–Kier alpha value is -8.41. The number of nitrogens with zero attached hydrogens (tertiary/aromatic N) is 5. The molecule has 0 saturated carbocycles. The van der Waals surface area contributed by atoms with Gasteiger partial charge in [0.15, 0.2) is 0 Å². The molecule has 0 bridgehead atoms. The van der Waals surface area contributed by atoms with Gasteiger partial charge in [0, 0.05) is 45.8 Å². The molecule has 5 nitrogen and oxygen atoms in total. The second-order valence-corrected chi connectivity index (χ2v) is 15.8. The maximum atomic E-state index is 5.43. The lowest BCUT2D eigenvalue weighted by Gasteiger charge is -2.13. The van der Waals surface area contributed by atoms with Gasteiger partial charge in [-0.1, -0.05) is 152 Å². The minimum Gasteiger partial charge on any atom is -0.299 e. The van der Waals surface area contributed by atoms with Crippen LogP contribution in [0.2, 0.25) is 0 Å². The lowest BCUT2D eigenvalue weighted by atomic mass is 9.96. The summed E-state index contributed by atoms with van der Waals surface area (Å²) in [5, 5.41) is 4.81. The van der Waals surface area contributed by atoms with E-state index in [0.717, 1.165) is 90.0 Å². The van der Waals surface area contributed by atoms with Gasteiger partial charge in [-0.3, -0.25) is 8.80 Å². The molecule has 0 aliphatic heterocycles. The predicted molar refractivity (Wildman–Crippen MR) is 255 cm³/mol. The number of hydrogen-bond donors (Lipinski definition) is 0. The van der Waals surface area contributed by atoms with E-state index in [1.165, 1.54) is 21.5 Å². The molecule has 5 aromatic heterocycles. The van der Waals surface area contributed by atoms with E-state index in [2.05, 4.69) is 221 Å². The molecule has 0 unspecified atom stereocenters. The van der Waals surface area contributed by atoms with Crippen molar-refractivity contribution in [1.82, 2.24) is 23.8 Å². The van der Waals surface area contributed by atoms with Crippen LogP contribution in [0.4, 0.5) is 0 Å². The van der Waals surface area contributed by atoms with Gasteiger partial charge in [-0.2, -0.15) is 0 Å². The minimum atomic E-state index is 0.884. The zero-order valence-corrected chi connectivity index (χ0v) is 33.6. The van der Waals surface area contributed by atoms with Crippen LogP contribution in [-0.2, 0) is 0 Å². The molecule has 0 N–H and O–H groups in total. The first-order valence-electron chi connectivity index (χ1n) is 20.9. The van der Waals surface area contributed by atoms with Crippen molar-refractivity contribution in [3.05, 3.63) is 225 Å². The van der Waals surface area contributed by atoms with Crippen LogP contribution in [0.15, 0.2) is 225 Å². The normalized spacial score (nSPS) is 11.5. The summed E-state index contributed by atoms with van der Waals surface area (Å²) in [6, 6.07) is 75.0. The summed E-state index contributed by atoms with van der Waals surface area (Å²) in [4.78, 5) is 15.9. The van der Waals surface area contributed by atoms with E-state index in [0.29, 0.717) is 0 Å². The van der Waals surface area contributed by atoms with Crippen LogP contribution in [0, 0.1) is 0 Å². The van der Waals surface area contributed by atoms with E-state index in [4.69, 9.17) is 15.0 Å². The summed E-state index contributed by atoms with van der Waals surface area (Å²) in [6.45, 7) is 0. The smallest absolute Gasteiger partial charge is 0.137 e. The van der Waals surface area contributed by atoms with E-state index in [-0.39, 0.29) is 0 Å². The number of rotatable bonds is 7. The van der Waals surface area contributed by atoms with Crippen LogP contribution >= 0.6 is 0 Å². The van der Waals surface area contributed by atoms with Crippen LogP contribution in [0.5, 0.6) is 0 Å². The van der Waals surface area contributed by atoms with Crippen LogP contribution in [0.25, 0.3) is 112 Å². The van der Waals surface area contributed by atoms with Crippen LogP contribution in [-0.4, -0.2) is 23.8 Å². The van der Waals surface area contributed by atoms with Crippen LogP contribution in [0.1, 0.15) is 0 Å². The monoisotopic (exact) mass is 791 g/mol. The van der Waals surface area contributed by atoms with Gasteiger partial charge in [0.05, 0.1) is 34.2 Å². The fourth-order valence-corrected chi connectivity index (χ4v) is 8.89. The first-order valence-corrected chi connectivity index (χ1v) is 20.9.